The molecule has 0 aliphatic carbocycles. The van der Waals surface area contributed by atoms with Crippen molar-refractivity contribution in [2.24, 2.45) is 5.92 Å². The molecule has 3 atom stereocenters. The summed E-state index contributed by atoms with van der Waals surface area (Å²) in [5.41, 5.74) is 1.79. The summed E-state index contributed by atoms with van der Waals surface area (Å²) in [6, 6.07) is 3.77. The lowest BCUT2D eigenvalue weighted by Crippen LogP contribution is -2.49. The van der Waals surface area contributed by atoms with Crippen LogP contribution >= 0.6 is 0 Å². The summed E-state index contributed by atoms with van der Waals surface area (Å²) >= 11 is 0. The lowest BCUT2D eigenvalue weighted by Gasteiger charge is -2.33. The van der Waals surface area contributed by atoms with Crippen LogP contribution in [0.1, 0.15) is 11.3 Å². The molecule has 1 aliphatic heterocycles. The lowest BCUT2D eigenvalue weighted by molar-refractivity contribution is -0.136. The molecule has 6 nitrogen and oxygen atoms in total. The number of rotatable bonds is 5. The molecule has 0 radical (unpaired) electrons. The van der Waals surface area contributed by atoms with Gasteiger partial charge < -0.3 is 19.9 Å². The van der Waals surface area contributed by atoms with E-state index in [0.717, 1.165) is 11.3 Å². The van der Waals surface area contributed by atoms with Gasteiger partial charge in [0.15, 0.2) is 0 Å². The van der Waals surface area contributed by atoms with Crippen molar-refractivity contribution in [3.05, 3.63) is 29.6 Å². The maximum absolute atomic E-state index is 11.9. The average molecular weight is 294 g/mol. The highest BCUT2D eigenvalue weighted by molar-refractivity contribution is 5.78. The van der Waals surface area contributed by atoms with Gasteiger partial charge >= 0.3 is 0 Å². The summed E-state index contributed by atoms with van der Waals surface area (Å²) in [5.74, 6) is -0.267. The quantitative estimate of drug-likeness (QED) is 0.803. The van der Waals surface area contributed by atoms with E-state index in [4.69, 9.17) is 9.47 Å². The van der Waals surface area contributed by atoms with Crippen LogP contribution < -0.4 is 5.32 Å². The van der Waals surface area contributed by atoms with Gasteiger partial charge in [-0.1, -0.05) is 6.07 Å². The molecular weight excluding hydrogens is 272 g/mol. The topological polar surface area (TPSA) is 80.7 Å². The van der Waals surface area contributed by atoms with E-state index >= 15 is 0 Å². The number of nitrogens with one attached hydrogen (secondary N) is 1. The molecule has 6 heteroatoms. The molecule has 1 amide bonds. The smallest absolute Gasteiger partial charge is 0.226 e. The standard InChI is InChI=1S/C15H22N2O4/c1-10-3-4-12(16-6-10)5-14(18)17-7-11-8-21-9-13(20-2)15(11)19/h3-4,6,11,13,15,19H,5,7-9H2,1-2H3,(H,17,18)/t11-,13-,15+/m1/s1. The third-order valence-corrected chi connectivity index (χ3v) is 3.66. The molecule has 1 aromatic heterocycles. The maximum atomic E-state index is 11.9. The molecule has 116 valence electrons. The summed E-state index contributed by atoms with van der Waals surface area (Å²) in [7, 11) is 1.54. The number of aromatic nitrogens is 1. The largest absolute Gasteiger partial charge is 0.390 e. The monoisotopic (exact) mass is 294 g/mol. The average Bonchev–Trinajstić information content (AvgIpc) is 2.48. The van der Waals surface area contributed by atoms with E-state index in [1.54, 1.807) is 13.3 Å². The van der Waals surface area contributed by atoms with Crippen molar-refractivity contribution in [2.75, 3.05) is 26.9 Å². The fraction of sp³-hybridized carbons (Fsp3) is 0.600. The summed E-state index contributed by atoms with van der Waals surface area (Å²) in [6.45, 7) is 3.12. The van der Waals surface area contributed by atoms with Crippen LogP contribution in [0.15, 0.2) is 18.3 Å². The van der Waals surface area contributed by atoms with Gasteiger partial charge in [-0.3, -0.25) is 9.78 Å². The van der Waals surface area contributed by atoms with Crippen LogP contribution in [0.2, 0.25) is 0 Å². The van der Waals surface area contributed by atoms with Crippen LogP contribution in [0.5, 0.6) is 0 Å². The number of hydrogen-bond donors (Lipinski definition) is 2. The van der Waals surface area contributed by atoms with Crippen molar-refractivity contribution in [3.63, 3.8) is 0 Å². The normalized spacial score (nSPS) is 25.6. The molecule has 0 spiro atoms. The van der Waals surface area contributed by atoms with Gasteiger partial charge in [-0.2, -0.15) is 0 Å². The molecule has 2 heterocycles. The van der Waals surface area contributed by atoms with Crippen molar-refractivity contribution < 1.29 is 19.4 Å². The Bertz CT molecular complexity index is 463. The molecule has 0 aromatic carbocycles. The highest BCUT2D eigenvalue weighted by Crippen LogP contribution is 2.16. The summed E-state index contributed by atoms with van der Waals surface area (Å²) in [5, 5.41) is 12.9. The number of ether oxygens (including phenoxy) is 2. The van der Waals surface area contributed by atoms with Crippen LogP contribution in [0.3, 0.4) is 0 Å². The van der Waals surface area contributed by atoms with Gasteiger partial charge in [-0.15, -0.1) is 0 Å². The number of aliphatic hydroxyl groups is 1. The van der Waals surface area contributed by atoms with E-state index in [-0.39, 0.29) is 24.3 Å². The molecule has 0 saturated carbocycles. The first kappa shape index (κ1) is 15.9. The van der Waals surface area contributed by atoms with Crippen LogP contribution in [-0.4, -0.2) is 55.1 Å². The molecular formula is C15H22N2O4. The molecule has 1 fully saturated rings. The van der Waals surface area contributed by atoms with Crippen molar-refractivity contribution in [2.45, 2.75) is 25.6 Å². The van der Waals surface area contributed by atoms with Crippen LogP contribution in [-0.2, 0) is 20.7 Å². The van der Waals surface area contributed by atoms with Crippen molar-refractivity contribution in [3.8, 4) is 0 Å². The minimum Gasteiger partial charge on any atom is -0.390 e. The van der Waals surface area contributed by atoms with Gasteiger partial charge in [0.1, 0.15) is 6.10 Å². The predicted molar refractivity (Wildman–Crippen MR) is 76.8 cm³/mol. The first-order chi connectivity index (χ1) is 10.1. The Balaban J connectivity index is 1.79. The Kier molecular flexibility index (Phi) is 5.67. The van der Waals surface area contributed by atoms with Crippen LogP contribution in [0.4, 0.5) is 0 Å². The van der Waals surface area contributed by atoms with Crippen molar-refractivity contribution in [1.82, 2.24) is 10.3 Å². The number of amides is 1. The third-order valence-electron chi connectivity index (χ3n) is 3.66. The minimum atomic E-state index is -0.624. The number of hydrogen-bond acceptors (Lipinski definition) is 5. The second kappa shape index (κ2) is 7.49. The number of aliphatic hydroxyl groups excluding tert-OH is 1. The van der Waals surface area contributed by atoms with E-state index in [9.17, 15) is 9.90 Å². The van der Waals surface area contributed by atoms with Gasteiger partial charge in [-0.25, -0.2) is 0 Å². The van der Waals surface area contributed by atoms with E-state index < -0.39 is 6.10 Å². The molecule has 0 unspecified atom stereocenters. The van der Waals surface area contributed by atoms with Crippen LogP contribution in [0, 0.1) is 12.8 Å². The van der Waals surface area contributed by atoms with Crippen molar-refractivity contribution >= 4 is 5.91 Å². The Morgan fingerprint density at radius 3 is 3.00 bits per heavy atom. The maximum Gasteiger partial charge on any atom is 0.226 e. The van der Waals surface area contributed by atoms with Gasteiger partial charge in [0, 0.05) is 31.5 Å². The highest BCUT2D eigenvalue weighted by Gasteiger charge is 2.32. The second-order valence-corrected chi connectivity index (χ2v) is 5.37. The number of carbonyl (C=O) groups is 1. The number of methoxy groups -OCH3 is 1. The number of pyridine rings is 1. The Hall–Kier alpha value is -1.50. The summed E-state index contributed by atoms with van der Waals surface area (Å²) in [4.78, 5) is 16.1. The second-order valence-electron chi connectivity index (χ2n) is 5.37. The predicted octanol–water partition coefficient (Wildman–Crippen LogP) is 0.0710. The van der Waals surface area contributed by atoms with Crippen molar-refractivity contribution in [1.29, 1.82) is 0 Å². The van der Waals surface area contributed by atoms with E-state index in [1.807, 2.05) is 19.1 Å². The molecule has 1 saturated heterocycles. The van der Waals surface area contributed by atoms with Gasteiger partial charge in [0.05, 0.1) is 25.7 Å². The van der Waals surface area contributed by atoms with Gasteiger partial charge in [0.2, 0.25) is 5.91 Å². The number of nitrogens with zero attached hydrogens (tertiary/aromatic N) is 1. The van der Waals surface area contributed by atoms with Gasteiger partial charge in [-0.05, 0) is 18.6 Å². The minimum absolute atomic E-state index is 0.113. The van der Waals surface area contributed by atoms with Gasteiger partial charge in [0.25, 0.3) is 0 Å². The Morgan fingerprint density at radius 2 is 2.33 bits per heavy atom. The first-order valence-corrected chi connectivity index (χ1v) is 7.07. The molecule has 0 bridgehead atoms. The molecule has 2 rings (SSSR count). The number of carbonyl (C=O) groups excluding carboxylic acids is 1. The zero-order valence-electron chi connectivity index (χ0n) is 12.4. The first-order valence-electron chi connectivity index (χ1n) is 7.07. The summed E-state index contributed by atoms with van der Waals surface area (Å²) in [6.07, 6.45) is 1.02. The zero-order chi connectivity index (χ0) is 15.2. The van der Waals surface area contributed by atoms with E-state index in [2.05, 4.69) is 10.3 Å². The lowest BCUT2D eigenvalue weighted by atomic mass is 9.96. The highest BCUT2D eigenvalue weighted by atomic mass is 16.5. The zero-order valence-corrected chi connectivity index (χ0v) is 12.4. The molecule has 21 heavy (non-hydrogen) atoms. The fourth-order valence-electron chi connectivity index (χ4n) is 2.30. The van der Waals surface area contributed by atoms with Crippen LogP contribution in [0.25, 0.3) is 0 Å². The third kappa shape index (κ3) is 4.49. The number of aryl methyl sites for hydroxylation is 1. The Labute approximate surface area is 124 Å². The molecule has 1 aliphatic rings. The van der Waals surface area contributed by atoms with E-state index in [1.165, 1.54) is 0 Å². The fourth-order valence-corrected chi connectivity index (χ4v) is 2.30. The summed E-state index contributed by atoms with van der Waals surface area (Å²) < 4.78 is 10.5. The Morgan fingerprint density at radius 1 is 1.52 bits per heavy atom. The molecule has 2 N–H and O–H groups in total. The SMILES string of the molecule is CO[C@@H]1COC[C@@H](CNC(=O)Cc2ccc(C)cn2)[C@@H]1O. The molecule has 1 aromatic rings. The van der Waals surface area contributed by atoms with E-state index in [0.29, 0.717) is 19.8 Å².